The van der Waals surface area contributed by atoms with Crippen LogP contribution in [0.15, 0.2) is 23.1 Å². The van der Waals surface area contributed by atoms with Crippen molar-refractivity contribution in [1.82, 2.24) is 0 Å². The van der Waals surface area contributed by atoms with E-state index in [1.54, 1.807) is 0 Å². The second-order valence-electron chi connectivity index (χ2n) is 5.03. The quantitative estimate of drug-likeness (QED) is 0.433. The van der Waals surface area contributed by atoms with Crippen molar-refractivity contribution < 1.29 is 0 Å². The van der Waals surface area contributed by atoms with E-state index in [0.717, 1.165) is 13.1 Å². The maximum absolute atomic E-state index is 2.42. The molecule has 19 heavy (non-hydrogen) atoms. The Morgan fingerprint density at radius 2 is 1.74 bits per heavy atom. The summed E-state index contributed by atoms with van der Waals surface area (Å²) in [7, 11) is 0. The standard InChI is InChI=1S/C17H29NS/c1-5-8-9-10-13-19-17-14-16(12-11-15(17)4)18(6-2)7-3/h11-12,14H,5-10,13H2,1-4H3. The largest absolute Gasteiger partial charge is 0.372 e. The summed E-state index contributed by atoms with van der Waals surface area (Å²) in [6.45, 7) is 11.1. The molecular formula is C17H29NS. The average Bonchev–Trinajstić information content (AvgIpc) is 2.43. The second-order valence-corrected chi connectivity index (χ2v) is 6.17. The van der Waals surface area contributed by atoms with Gasteiger partial charge in [-0.05, 0) is 50.6 Å². The van der Waals surface area contributed by atoms with Gasteiger partial charge in [-0.3, -0.25) is 0 Å². The second kappa shape index (κ2) is 9.30. The van der Waals surface area contributed by atoms with Crippen molar-refractivity contribution >= 4 is 17.4 Å². The van der Waals surface area contributed by atoms with Gasteiger partial charge in [0.25, 0.3) is 0 Å². The summed E-state index contributed by atoms with van der Waals surface area (Å²) >= 11 is 2.02. The molecule has 1 aromatic rings. The van der Waals surface area contributed by atoms with E-state index in [1.165, 1.54) is 47.6 Å². The average molecular weight is 279 g/mol. The molecule has 0 heterocycles. The monoisotopic (exact) mass is 279 g/mol. The lowest BCUT2D eigenvalue weighted by Crippen LogP contribution is -2.21. The summed E-state index contributed by atoms with van der Waals surface area (Å²) in [5, 5.41) is 0. The molecule has 1 rings (SSSR count). The third-order valence-electron chi connectivity index (χ3n) is 3.56. The molecule has 0 saturated carbocycles. The molecule has 1 nitrogen and oxygen atoms in total. The van der Waals surface area contributed by atoms with Crippen LogP contribution in [0, 0.1) is 6.92 Å². The molecular weight excluding hydrogens is 250 g/mol. The van der Waals surface area contributed by atoms with Crippen LogP contribution in [-0.2, 0) is 0 Å². The lowest BCUT2D eigenvalue weighted by atomic mass is 10.2. The van der Waals surface area contributed by atoms with Gasteiger partial charge in [-0.2, -0.15) is 0 Å². The highest BCUT2D eigenvalue weighted by Crippen LogP contribution is 2.28. The van der Waals surface area contributed by atoms with E-state index < -0.39 is 0 Å². The van der Waals surface area contributed by atoms with Gasteiger partial charge >= 0.3 is 0 Å². The van der Waals surface area contributed by atoms with Gasteiger partial charge in [-0.1, -0.05) is 32.3 Å². The van der Waals surface area contributed by atoms with Crippen LogP contribution in [0.1, 0.15) is 52.0 Å². The highest BCUT2D eigenvalue weighted by atomic mass is 32.2. The van der Waals surface area contributed by atoms with Gasteiger partial charge in [0.15, 0.2) is 0 Å². The zero-order valence-corrected chi connectivity index (χ0v) is 13.9. The molecule has 0 N–H and O–H groups in total. The first-order chi connectivity index (χ1) is 9.22. The molecule has 1 aromatic carbocycles. The summed E-state index contributed by atoms with van der Waals surface area (Å²) in [4.78, 5) is 3.88. The fourth-order valence-electron chi connectivity index (χ4n) is 2.24. The lowest BCUT2D eigenvalue weighted by Gasteiger charge is -2.22. The smallest absolute Gasteiger partial charge is 0.0377 e. The lowest BCUT2D eigenvalue weighted by molar-refractivity contribution is 0.706. The van der Waals surface area contributed by atoms with Crippen molar-refractivity contribution in [1.29, 1.82) is 0 Å². The number of nitrogens with zero attached hydrogens (tertiary/aromatic N) is 1. The summed E-state index contributed by atoms with van der Waals surface area (Å²) in [6.07, 6.45) is 5.41. The van der Waals surface area contributed by atoms with Crippen LogP contribution >= 0.6 is 11.8 Å². The molecule has 0 aliphatic rings. The molecule has 0 aromatic heterocycles. The van der Waals surface area contributed by atoms with Crippen molar-refractivity contribution in [3.8, 4) is 0 Å². The molecule has 0 aliphatic heterocycles. The topological polar surface area (TPSA) is 3.24 Å². The van der Waals surface area contributed by atoms with Crippen molar-refractivity contribution in [2.45, 2.75) is 58.3 Å². The van der Waals surface area contributed by atoms with Crippen LogP contribution < -0.4 is 4.90 Å². The summed E-state index contributed by atoms with van der Waals surface area (Å²) in [6, 6.07) is 6.89. The fraction of sp³-hybridized carbons (Fsp3) is 0.647. The van der Waals surface area contributed by atoms with Crippen LogP contribution in [-0.4, -0.2) is 18.8 Å². The number of thioether (sulfide) groups is 1. The first kappa shape index (κ1) is 16.4. The Kier molecular flexibility index (Phi) is 8.04. The molecule has 0 amide bonds. The van der Waals surface area contributed by atoms with Crippen LogP contribution in [0.3, 0.4) is 0 Å². The van der Waals surface area contributed by atoms with Crippen molar-refractivity contribution in [3.05, 3.63) is 23.8 Å². The van der Waals surface area contributed by atoms with Crippen LogP contribution in [0.5, 0.6) is 0 Å². The predicted molar refractivity (Wildman–Crippen MR) is 89.6 cm³/mol. The molecule has 0 aliphatic carbocycles. The van der Waals surface area contributed by atoms with Gasteiger partial charge in [0.05, 0.1) is 0 Å². The van der Waals surface area contributed by atoms with E-state index in [1.807, 2.05) is 11.8 Å². The van der Waals surface area contributed by atoms with E-state index >= 15 is 0 Å². The van der Waals surface area contributed by atoms with Crippen molar-refractivity contribution in [2.24, 2.45) is 0 Å². The Labute approximate surface area is 123 Å². The minimum Gasteiger partial charge on any atom is -0.372 e. The third-order valence-corrected chi connectivity index (χ3v) is 4.80. The Balaban J connectivity index is 2.59. The minimum absolute atomic E-state index is 1.08. The van der Waals surface area contributed by atoms with Gasteiger partial charge in [-0.15, -0.1) is 11.8 Å². The third kappa shape index (κ3) is 5.48. The number of aryl methyl sites for hydroxylation is 1. The summed E-state index contributed by atoms with van der Waals surface area (Å²) in [5.74, 6) is 1.25. The normalized spacial score (nSPS) is 10.7. The molecule has 108 valence electrons. The first-order valence-electron chi connectivity index (χ1n) is 7.71. The van der Waals surface area contributed by atoms with E-state index in [2.05, 4.69) is 50.8 Å². The number of anilines is 1. The fourth-order valence-corrected chi connectivity index (χ4v) is 3.31. The highest BCUT2D eigenvalue weighted by molar-refractivity contribution is 7.99. The summed E-state index contributed by atoms with van der Waals surface area (Å²) in [5.41, 5.74) is 2.78. The number of rotatable bonds is 9. The van der Waals surface area contributed by atoms with E-state index in [9.17, 15) is 0 Å². The molecule has 0 spiro atoms. The van der Waals surface area contributed by atoms with Gasteiger partial charge in [-0.25, -0.2) is 0 Å². The van der Waals surface area contributed by atoms with Gasteiger partial charge in [0.1, 0.15) is 0 Å². The maximum atomic E-state index is 2.42. The molecule has 0 atom stereocenters. The summed E-state index contributed by atoms with van der Waals surface area (Å²) < 4.78 is 0. The van der Waals surface area contributed by atoms with E-state index in [-0.39, 0.29) is 0 Å². The number of benzene rings is 1. The first-order valence-corrected chi connectivity index (χ1v) is 8.69. The number of hydrogen-bond acceptors (Lipinski definition) is 2. The van der Waals surface area contributed by atoms with Crippen LogP contribution in [0.25, 0.3) is 0 Å². The van der Waals surface area contributed by atoms with E-state index in [0.29, 0.717) is 0 Å². The molecule has 0 saturated heterocycles. The molecule has 0 bridgehead atoms. The Hall–Kier alpha value is -0.630. The Morgan fingerprint density at radius 1 is 1.00 bits per heavy atom. The molecule has 0 radical (unpaired) electrons. The molecule has 2 heteroatoms. The number of unbranched alkanes of at least 4 members (excludes halogenated alkanes) is 3. The molecule has 0 unspecified atom stereocenters. The van der Waals surface area contributed by atoms with E-state index in [4.69, 9.17) is 0 Å². The van der Waals surface area contributed by atoms with Crippen LogP contribution in [0.2, 0.25) is 0 Å². The van der Waals surface area contributed by atoms with Crippen LogP contribution in [0.4, 0.5) is 5.69 Å². The molecule has 0 fully saturated rings. The van der Waals surface area contributed by atoms with Gasteiger partial charge in [0.2, 0.25) is 0 Å². The maximum Gasteiger partial charge on any atom is 0.0377 e. The number of hydrogen-bond donors (Lipinski definition) is 0. The predicted octanol–water partition coefficient (Wildman–Crippen LogP) is 5.51. The highest BCUT2D eigenvalue weighted by Gasteiger charge is 2.05. The zero-order valence-electron chi connectivity index (χ0n) is 13.0. The van der Waals surface area contributed by atoms with Crippen molar-refractivity contribution in [3.63, 3.8) is 0 Å². The Bertz CT molecular complexity index is 358. The Morgan fingerprint density at radius 3 is 2.37 bits per heavy atom. The van der Waals surface area contributed by atoms with Crippen molar-refractivity contribution in [2.75, 3.05) is 23.7 Å². The SMILES string of the molecule is CCCCCCSc1cc(N(CC)CC)ccc1C. The zero-order chi connectivity index (χ0) is 14.1. The minimum atomic E-state index is 1.08. The van der Waals surface area contributed by atoms with Gasteiger partial charge in [0, 0.05) is 23.7 Å². The van der Waals surface area contributed by atoms with Gasteiger partial charge < -0.3 is 4.90 Å².